The van der Waals surface area contributed by atoms with Crippen LogP contribution in [-0.2, 0) is 28.7 Å². The van der Waals surface area contributed by atoms with E-state index in [-0.39, 0.29) is 12.5 Å². The molecule has 0 bridgehead atoms. The standard InChI is InChI=1S/C23H18F3N3O3S/c24-23(25,26)20-7-5-15(11-27-20)12-28-21(30)8-6-14-9-16(33-13-14)10-19-22(31)29-17-3-1-2-4-18(17)32-19/h1-9,11,13,19H,10,12H2,(H,28,30)(H,29,31)/b8-6+. The molecule has 0 saturated heterocycles. The number of nitrogens with one attached hydrogen (secondary N) is 2. The monoisotopic (exact) mass is 473 g/mol. The molecule has 4 rings (SSSR count). The number of aromatic nitrogens is 1. The number of ether oxygens (including phenoxy) is 1. The summed E-state index contributed by atoms with van der Waals surface area (Å²) in [7, 11) is 0. The molecule has 1 atom stereocenters. The second-order valence-electron chi connectivity index (χ2n) is 7.24. The molecule has 1 aliphatic heterocycles. The quantitative estimate of drug-likeness (QED) is 0.519. The third-order valence-corrected chi connectivity index (χ3v) is 5.75. The first-order valence-electron chi connectivity index (χ1n) is 9.90. The van der Waals surface area contributed by atoms with Gasteiger partial charge >= 0.3 is 6.18 Å². The highest BCUT2D eigenvalue weighted by molar-refractivity contribution is 7.10. The van der Waals surface area contributed by atoms with Crippen molar-refractivity contribution in [2.45, 2.75) is 25.2 Å². The highest BCUT2D eigenvalue weighted by Gasteiger charge is 2.32. The Morgan fingerprint density at radius 2 is 2.06 bits per heavy atom. The Morgan fingerprint density at radius 1 is 1.24 bits per heavy atom. The van der Waals surface area contributed by atoms with Crippen LogP contribution in [0.2, 0.25) is 0 Å². The van der Waals surface area contributed by atoms with Crippen LogP contribution >= 0.6 is 11.3 Å². The van der Waals surface area contributed by atoms with Crippen molar-refractivity contribution in [1.82, 2.24) is 10.3 Å². The van der Waals surface area contributed by atoms with Crippen LogP contribution in [0.4, 0.5) is 18.9 Å². The normalized spacial score (nSPS) is 15.6. The van der Waals surface area contributed by atoms with Gasteiger partial charge in [0.1, 0.15) is 11.4 Å². The molecule has 0 fully saturated rings. The Hall–Kier alpha value is -3.66. The second kappa shape index (κ2) is 9.45. The summed E-state index contributed by atoms with van der Waals surface area (Å²) in [5.74, 6) is 0.0178. The van der Waals surface area contributed by atoms with Crippen molar-refractivity contribution in [1.29, 1.82) is 0 Å². The van der Waals surface area contributed by atoms with Gasteiger partial charge in [-0.15, -0.1) is 11.3 Å². The summed E-state index contributed by atoms with van der Waals surface area (Å²) < 4.78 is 43.4. The molecule has 0 radical (unpaired) electrons. The fraction of sp³-hybridized carbons (Fsp3) is 0.174. The maximum absolute atomic E-state index is 12.5. The number of thiophene rings is 1. The SMILES string of the molecule is O=C(/C=C/c1csc(CC2Oc3ccccc3NC2=O)c1)NCc1ccc(C(F)(F)F)nc1. The molecule has 2 N–H and O–H groups in total. The van der Waals surface area contributed by atoms with E-state index >= 15 is 0 Å². The number of rotatable bonds is 6. The van der Waals surface area contributed by atoms with Gasteiger partial charge in [-0.2, -0.15) is 13.2 Å². The average Bonchev–Trinajstić information content (AvgIpc) is 3.24. The number of nitrogens with zero attached hydrogens (tertiary/aromatic N) is 1. The minimum Gasteiger partial charge on any atom is -0.478 e. The van der Waals surface area contributed by atoms with Crippen LogP contribution in [0.1, 0.15) is 21.7 Å². The molecule has 0 aliphatic carbocycles. The molecule has 2 aromatic heterocycles. The molecule has 3 aromatic rings. The number of alkyl halides is 3. The van der Waals surface area contributed by atoms with E-state index in [1.165, 1.54) is 23.5 Å². The lowest BCUT2D eigenvalue weighted by atomic mass is 10.1. The number of carbonyl (C=O) groups is 2. The Balaban J connectivity index is 1.29. The zero-order chi connectivity index (χ0) is 23.4. The molecule has 2 amide bonds. The van der Waals surface area contributed by atoms with Crippen LogP contribution in [-0.4, -0.2) is 22.9 Å². The van der Waals surface area contributed by atoms with Gasteiger partial charge in [0, 0.05) is 30.1 Å². The molecular formula is C23H18F3N3O3S. The van der Waals surface area contributed by atoms with Gasteiger partial charge < -0.3 is 15.4 Å². The van der Waals surface area contributed by atoms with Gasteiger partial charge in [-0.1, -0.05) is 18.2 Å². The molecule has 33 heavy (non-hydrogen) atoms. The minimum absolute atomic E-state index is 0.0544. The van der Waals surface area contributed by atoms with Crippen molar-refractivity contribution >= 4 is 34.9 Å². The topological polar surface area (TPSA) is 80.3 Å². The van der Waals surface area contributed by atoms with E-state index in [1.807, 2.05) is 23.6 Å². The Labute approximate surface area is 191 Å². The largest absolute Gasteiger partial charge is 0.478 e. The Morgan fingerprint density at radius 3 is 2.82 bits per heavy atom. The molecule has 1 aliphatic rings. The number of hydrogen-bond acceptors (Lipinski definition) is 5. The van der Waals surface area contributed by atoms with Gasteiger partial charge in [0.2, 0.25) is 5.91 Å². The molecule has 10 heteroatoms. The van der Waals surface area contributed by atoms with E-state index in [0.29, 0.717) is 23.4 Å². The fourth-order valence-corrected chi connectivity index (χ4v) is 4.00. The molecule has 6 nitrogen and oxygen atoms in total. The molecule has 0 spiro atoms. The van der Waals surface area contributed by atoms with E-state index in [1.54, 1.807) is 18.2 Å². The lowest BCUT2D eigenvalue weighted by molar-refractivity contribution is -0.141. The maximum Gasteiger partial charge on any atom is 0.433 e. The predicted molar refractivity (Wildman–Crippen MR) is 118 cm³/mol. The van der Waals surface area contributed by atoms with E-state index in [4.69, 9.17) is 4.74 Å². The van der Waals surface area contributed by atoms with E-state index < -0.39 is 23.9 Å². The molecule has 170 valence electrons. The lowest BCUT2D eigenvalue weighted by Crippen LogP contribution is -2.38. The highest BCUT2D eigenvalue weighted by atomic mass is 32.1. The lowest BCUT2D eigenvalue weighted by Gasteiger charge is -2.25. The van der Waals surface area contributed by atoms with Crippen LogP contribution in [0.25, 0.3) is 6.08 Å². The first-order chi connectivity index (χ1) is 15.8. The summed E-state index contributed by atoms with van der Waals surface area (Å²) in [6, 6.07) is 11.2. The van der Waals surface area contributed by atoms with E-state index in [9.17, 15) is 22.8 Å². The molecule has 3 heterocycles. The highest BCUT2D eigenvalue weighted by Crippen LogP contribution is 2.30. The van der Waals surface area contributed by atoms with Gasteiger partial charge in [0.05, 0.1) is 5.69 Å². The van der Waals surface area contributed by atoms with Gasteiger partial charge in [0.25, 0.3) is 5.91 Å². The number of para-hydroxylation sites is 2. The average molecular weight is 473 g/mol. The second-order valence-corrected chi connectivity index (χ2v) is 8.24. The first kappa shape index (κ1) is 22.5. The summed E-state index contributed by atoms with van der Waals surface area (Å²) >= 11 is 1.45. The summed E-state index contributed by atoms with van der Waals surface area (Å²) in [6.07, 6.45) is -0.704. The molecule has 1 aromatic carbocycles. The summed E-state index contributed by atoms with van der Waals surface area (Å²) in [4.78, 5) is 28.6. The van der Waals surface area contributed by atoms with Crippen LogP contribution in [0.5, 0.6) is 5.75 Å². The molecule has 1 unspecified atom stereocenters. The van der Waals surface area contributed by atoms with Crippen LogP contribution in [0.3, 0.4) is 0 Å². The number of fused-ring (bicyclic) bond motifs is 1. The number of benzene rings is 1. The smallest absolute Gasteiger partial charge is 0.433 e. The molecule has 0 saturated carbocycles. The van der Waals surface area contributed by atoms with Gasteiger partial charge in [-0.3, -0.25) is 14.6 Å². The van der Waals surface area contributed by atoms with Crippen LogP contribution in [0, 0.1) is 0 Å². The zero-order valence-electron chi connectivity index (χ0n) is 17.1. The third-order valence-electron chi connectivity index (χ3n) is 4.78. The third kappa shape index (κ3) is 5.78. The van der Waals surface area contributed by atoms with Crippen LogP contribution < -0.4 is 15.4 Å². The number of pyridine rings is 1. The fourth-order valence-electron chi connectivity index (χ4n) is 3.12. The summed E-state index contributed by atoms with van der Waals surface area (Å²) in [5, 5.41) is 7.28. The minimum atomic E-state index is -4.50. The van der Waals surface area contributed by atoms with Crippen molar-refractivity contribution in [2.24, 2.45) is 0 Å². The number of hydrogen-bond donors (Lipinski definition) is 2. The van der Waals surface area contributed by atoms with Gasteiger partial charge in [0.15, 0.2) is 6.10 Å². The van der Waals surface area contributed by atoms with Crippen molar-refractivity contribution in [3.05, 3.63) is 81.8 Å². The number of halogens is 3. The van der Waals surface area contributed by atoms with Crippen molar-refractivity contribution in [3.8, 4) is 5.75 Å². The summed E-state index contributed by atoms with van der Waals surface area (Å²) in [6.45, 7) is 0.0544. The maximum atomic E-state index is 12.5. The summed E-state index contributed by atoms with van der Waals surface area (Å²) in [5.41, 5.74) is 0.908. The zero-order valence-corrected chi connectivity index (χ0v) is 17.9. The molecular weight excluding hydrogens is 455 g/mol. The van der Waals surface area contributed by atoms with Gasteiger partial charge in [-0.25, -0.2) is 0 Å². The predicted octanol–water partition coefficient (Wildman–Crippen LogP) is 4.43. The van der Waals surface area contributed by atoms with Crippen LogP contribution in [0.15, 0.2) is 60.1 Å². The Kier molecular flexibility index (Phi) is 6.45. The number of amides is 2. The van der Waals surface area contributed by atoms with Gasteiger partial charge in [-0.05, 0) is 46.8 Å². The number of anilines is 1. The Bertz CT molecular complexity index is 1190. The van der Waals surface area contributed by atoms with E-state index in [2.05, 4.69) is 15.6 Å². The first-order valence-corrected chi connectivity index (χ1v) is 10.8. The van der Waals surface area contributed by atoms with Crippen molar-refractivity contribution in [3.63, 3.8) is 0 Å². The van der Waals surface area contributed by atoms with E-state index in [0.717, 1.165) is 22.7 Å². The van der Waals surface area contributed by atoms with Crippen molar-refractivity contribution < 1.29 is 27.5 Å². The van der Waals surface area contributed by atoms with Crippen molar-refractivity contribution in [2.75, 3.05) is 5.32 Å². The number of carbonyl (C=O) groups excluding carboxylic acids is 2.